The molecule has 2 amide bonds. The number of carboxylic acid groups (broad SMARTS) is 1. The Bertz CT molecular complexity index is 2010. The van der Waals surface area contributed by atoms with Crippen LogP contribution in [0.15, 0.2) is 72.8 Å². The van der Waals surface area contributed by atoms with Gasteiger partial charge in [-0.2, -0.15) is 26.3 Å². The Hall–Kier alpha value is -5.14. The quantitative estimate of drug-likeness (QED) is 0.199. The normalized spacial score (nSPS) is 17.1. The second-order valence-corrected chi connectivity index (χ2v) is 13.3. The Morgan fingerprint density at radius 1 is 0.778 bits per heavy atom. The number of alkyl halides is 8. The zero-order valence-electron chi connectivity index (χ0n) is 29.3. The number of fused-ring (bicyclic) bond motifs is 1. The average Bonchev–Trinajstić information content (AvgIpc) is 3.61. The van der Waals surface area contributed by atoms with Crippen LogP contribution in [0.4, 0.5) is 39.9 Å². The van der Waals surface area contributed by atoms with Crippen LogP contribution in [0.1, 0.15) is 77.0 Å². The highest BCUT2D eigenvalue weighted by atomic mass is 19.4. The third kappa shape index (κ3) is 8.63. The fourth-order valence-electron chi connectivity index (χ4n) is 6.92. The first-order chi connectivity index (χ1) is 24.6. The molecule has 2 aliphatic rings. The number of carboxylic acids is 1. The van der Waals surface area contributed by atoms with Crippen molar-refractivity contribution in [2.75, 3.05) is 20.7 Å². The minimum atomic E-state index is -4.59. The van der Waals surface area contributed by atoms with Gasteiger partial charge in [0.05, 0.1) is 35.9 Å². The van der Waals surface area contributed by atoms with Gasteiger partial charge in [0, 0.05) is 31.6 Å². The Balaban J connectivity index is 0.000000343. The van der Waals surface area contributed by atoms with Gasteiger partial charge in [-0.3, -0.25) is 0 Å². The van der Waals surface area contributed by atoms with Crippen molar-refractivity contribution < 1.29 is 54.6 Å². The summed E-state index contributed by atoms with van der Waals surface area (Å²) in [6.45, 7) is 4.28. The van der Waals surface area contributed by atoms with E-state index in [1.54, 1.807) is 35.0 Å². The molecule has 0 saturated carbocycles. The van der Waals surface area contributed by atoms with Crippen molar-refractivity contribution >= 4 is 12.0 Å². The van der Waals surface area contributed by atoms with Crippen molar-refractivity contribution in [3.05, 3.63) is 112 Å². The van der Waals surface area contributed by atoms with Crippen LogP contribution < -0.4 is 4.74 Å². The maximum atomic E-state index is 13.8. The number of methoxy groups -OCH3 is 1. The number of nitrogens with zero attached hydrogens (tertiary/aromatic N) is 2. The molecule has 0 spiro atoms. The van der Waals surface area contributed by atoms with E-state index in [0.717, 1.165) is 41.0 Å². The van der Waals surface area contributed by atoms with Crippen LogP contribution in [0.3, 0.4) is 0 Å². The summed E-state index contributed by atoms with van der Waals surface area (Å²) in [5.74, 6) is -3.80. The van der Waals surface area contributed by atoms with Gasteiger partial charge in [-0.15, -0.1) is 0 Å². The number of hydrogen-bond donors (Lipinski definition) is 1. The second kappa shape index (κ2) is 15.3. The topological polar surface area (TPSA) is 70.1 Å². The van der Waals surface area contributed by atoms with E-state index in [4.69, 9.17) is 4.74 Å². The SMILES string of the molecule is C.COc1ccc(-c2ccc(C(=O)O)cc2C)cc1-c1ccc(C(F)(F)F)cc1[C@@H]1CC[C@H]2CN(C)C(=O)N21.Cc1cc(C(C)(F)F)cc(C(F)(F)F)c1. The Kier molecular flexibility index (Phi) is 11.8. The maximum Gasteiger partial charge on any atom is 0.416 e. The van der Waals surface area contributed by atoms with E-state index in [2.05, 4.69) is 0 Å². The number of amides is 2. The molecule has 290 valence electrons. The molecule has 2 atom stereocenters. The summed E-state index contributed by atoms with van der Waals surface area (Å²) in [6.07, 6.45) is -7.85. The largest absolute Gasteiger partial charge is 0.496 e. The Morgan fingerprint density at radius 3 is 1.98 bits per heavy atom. The highest BCUT2D eigenvalue weighted by Gasteiger charge is 2.46. The number of rotatable bonds is 6. The summed E-state index contributed by atoms with van der Waals surface area (Å²) in [7, 11) is 3.20. The lowest BCUT2D eigenvalue weighted by Crippen LogP contribution is -2.32. The molecular weight excluding hydrogens is 724 g/mol. The number of hydrogen-bond acceptors (Lipinski definition) is 3. The van der Waals surface area contributed by atoms with E-state index < -0.39 is 47.0 Å². The lowest BCUT2D eigenvalue weighted by molar-refractivity contribution is -0.138. The lowest BCUT2D eigenvalue weighted by atomic mass is 9.89. The van der Waals surface area contributed by atoms with Gasteiger partial charge in [-0.25, -0.2) is 18.4 Å². The first kappa shape index (κ1) is 41.6. The van der Waals surface area contributed by atoms with E-state index in [1.807, 2.05) is 19.1 Å². The molecule has 1 N–H and O–H groups in total. The molecule has 6 nitrogen and oxygen atoms in total. The average molecular weight is 765 g/mol. The fraction of sp³-hybridized carbons (Fsp3) is 0.350. The summed E-state index contributed by atoms with van der Waals surface area (Å²) < 4.78 is 110. The molecule has 0 bridgehead atoms. The molecule has 0 radical (unpaired) electrons. The third-order valence-electron chi connectivity index (χ3n) is 9.46. The van der Waals surface area contributed by atoms with E-state index in [0.29, 0.717) is 54.8 Å². The van der Waals surface area contributed by atoms with Crippen LogP contribution in [0, 0.1) is 13.8 Å². The molecule has 0 aromatic heterocycles. The van der Waals surface area contributed by atoms with E-state index in [9.17, 15) is 49.8 Å². The second-order valence-electron chi connectivity index (χ2n) is 13.3. The number of ether oxygens (including phenoxy) is 1. The summed E-state index contributed by atoms with van der Waals surface area (Å²) in [4.78, 5) is 27.6. The van der Waals surface area contributed by atoms with Crippen molar-refractivity contribution in [3.8, 4) is 28.0 Å². The number of aromatic carboxylic acids is 1. The van der Waals surface area contributed by atoms with Crippen molar-refractivity contribution in [1.29, 1.82) is 0 Å². The number of benzene rings is 4. The van der Waals surface area contributed by atoms with Gasteiger partial charge >= 0.3 is 24.4 Å². The number of carbonyl (C=O) groups excluding carboxylic acids is 1. The Labute approximate surface area is 308 Å². The molecule has 0 aliphatic carbocycles. The minimum absolute atomic E-state index is 0. The van der Waals surface area contributed by atoms with Crippen LogP contribution in [0.25, 0.3) is 22.3 Å². The number of urea groups is 1. The van der Waals surface area contributed by atoms with Crippen LogP contribution in [0.5, 0.6) is 5.75 Å². The van der Waals surface area contributed by atoms with E-state index >= 15 is 0 Å². The van der Waals surface area contributed by atoms with Crippen molar-refractivity contribution in [2.45, 2.75) is 71.4 Å². The predicted octanol–water partition coefficient (Wildman–Crippen LogP) is 11.4. The molecule has 2 aliphatic heterocycles. The number of halogens is 8. The summed E-state index contributed by atoms with van der Waals surface area (Å²) in [5.41, 5.74) is 1.80. The highest BCUT2D eigenvalue weighted by molar-refractivity contribution is 5.89. The van der Waals surface area contributed by atoms with Crippen molar-refractivity contribution in [2.24, 2.45) is 0 Å². The molecule has 4 aromatic carbocycles. The molecule has 2 heterocycles. The third-order valence-corrected chi connectivity index (χ3v) is 9.46. The van der Waals surface area contributed by atoms with E-state index in [1.165, 1.54) is 26.2 Å². The lowest BCUT2D eigenvalue weighted by Gasteiger charge is -2.27. The van der Waals surface area contributed by atoms with Crippen LogP contribution in [-0.4, -0.2) is 53.7 Å². The zero-order valence-corrected chi connectivity index (χ0v) is 29.3. The Morgan fingerprint density at radius 2 is 1.41 bits per heavy atom. The molecule has 54 heavy (non-hydrogen) atoms. The summed E-state index contributed by atoms with van der Waals surface area (Å²) in [5, 5.41) is 9.32. The molecule has 0 unspecified atom stereocenters. The van der Waals surface area contributed by atoms with Gasteiger partial charge in [-0.05, 0) is 103 Å². The van der Waals surface area contributed by atoms with Gasteiger partial charge in [0.2, 0.25) is 0 Å². The number of carbonyl (C=O) groups is 2. The summed E-state index contributed by atoms with van der Waals surface area (Å²) in [6, 6.07) is 15.6. The molecule has 2 fully saturated rings. The zero-order chi connectivity index (χ0) is 39.2. The first-order valence-corrected chi connectivity index (χ1v) is 16.4. The molecule has 14 heteroatoms. The fourth-order valence-corrected chi connectivity index (χ4v) is 6.92. The highest BCUT2D eigenvalue weighted by Crippen LogP contribution is 2.47. The van der Waals surface area contributed by atoms with Gasteiger partial charge < -0.3 is 19.6 Å². The monoisotopic (exact) mass is 764 g/mol. The number of likely N-dealkylation sites (N-methyl/N-ethyl adjacent to an activating group) is 1. The molecule has 2 saturated heterocycles. The predicted molar refractivity (Wildman–Crippen MR) is 189 cm³/mol. The van der Waals surface area contributed by atoms with Gasteiger partial charge in [0.15, 0.2) is 0 Å². The van der Waals surface area contributed by atoms with Crippen LogP contribution in [0.2, 0.25) is 0 Å². The standard InChI is InChI=1S/C29H27F3N2O4.C10H9F5.CH4/c1-16-12-18(27(35)36)4-8-21(16)17-5-11-26(38-3)24(13-17)22-9-6-19(29(30,31)32)14-23(22)25-10-7-20-15-33(2)28(37)34(20)25;1-6-3-7(9(2,11)12)5-8(4-6)10(13,14)15;/h4-6,8-9,11-14,20,25H,7,10,15H2,1-3H3,(H,35,36);3-5H,1-2H3;1H4/t20-,25-;;/m0../s1. The van der Waals surface area contributed by atoms with Gasteiger partial charge in [0.1, 0.15) is 5.75 Å². The number of aryl methyl sites for hydroxylation is 2. The smallest absolute Gasteiger partial charge is 0.416 e. The van der Waals surface area contributed by atoms with Gasteiger partial charge in [0.25, 0.3) is 5.92 Å². The van der Waals surface area contributed by atoms with E-state index in [-0.39, 0.29) is 30.6 Å². The summed E-state index contributed by atoms with van der Waals surface area (Å²) >= 11 is 0. The van der Waals surface area contributed by atoms with Gasteiger partial charge in [-0.1, -0.05) is 37.3 Å². The van der Waals surface area contributed by atoms with Crippen LogP contribution >= 0.6 is 0 Å². The van der Waals surface area contributed by atoms with Crippen molar-refractivity contribution in [1.82, 2.24) is 9.80 Å². The van der Waals surface area contributed by atoms with Crippen LogP contribution in [-0.2, 0) is 18.3 Å². The minimum Gasteiger partial charge on any atom is -0.496 e. The first-order valence-electron chi connectivity index (χ1n) is 16.4. The van der Waals surface area contributed by atoms with Crippen molar-refractivity contribution in [3.63, 3.8) is 0 Å². The molecule has 4 aromatic rings. The maximum absolute atomic E-state index is 13.8. The molecular formula is C40H40F8N2O4. The molecule has 6 rings (SSSR count).